The maximum atomic E-state index is 11.9. The largest absolute Gasteiger partial charge is 0.365 e. The van der Waals surface area contributed by atoms with Gasteiger partial charge in [-0.05, 0) is 23.3 Å². The first-order valence-electron chi connectivity index (χ1n) is 8.41. The third kappa shape index (κ3) is 3.26. The molecular formula is C20H20N4O. The highest BCUT2D eigenvalue weighted by molar-refractivity contribution is 5.96. The van der Waals surface area contributed by atoms with Crippen LogP contribution >= 0.6 is 0 Å². The lowest BCUT2D eigenvalue weighted by atomic mass is 10.1. The Morgan fingerprint density at radius 1 is 1.08 bits per heavy atom. The Balaban J connectivity index is 1.56. The number of aromatic nitrogens is 2. The highest BCUT2D eigenvalue weighted by Crippen LogP contribution is 2.30. The maximum absolute atomic E-state index is 11.9. The van der Waals surface area contributed by atoms with Crippen LogP contribution in [0, 0.1) is 0 Å². The van der Waals surface area contributed by atoms with E-state index in [1.165, 1.54) is 5.56 Å². The second-order valence-corrected chi connectivity index (χ2v) is 6.34. The van der Waals surface area contributed by atoms with E-state index < -0.39 is 0 Å². The van der Waals surface area contributed by atoms with Gasteiger partial charge in [-0.15, -0.1) is 0 Å². The molecule has 0 radical (unpaired) electrons. The lowest BCUT2D eigenvalue weighted by Crippen LogP contribution is -2.23. The number of nitrogens with one attached hydrogen (secondary N) is 1. The molecule has 4 rings (SSSR count). The molecule has 0 unspecified atom stereocenters. The second kappa shape index (κ2) is 6.43. The van der Waals surface area contributed by atoms with Crippen molar-refractivity contribution in [1.82, 2.24) is 9.78 Å². The van der Waals surface area contributed by atoms with E-state index in [9.17, 15) is 4.79 Å². The minimum atomic E-state index is 0.0712. The Hall–Kier alpha value is -3.08. The summed E-state index contributed by atoms with van der Waals surface area (Å²) in [6.45, 7) is 1.49. The van der Waals surface area contributed by atoms with Crippen LogP contribution < -0.4 is 10.2 Å². The summed E-state index contributed by atoms with van der Waals surface area (Å²) in [5.74, 6) is 0.0712. The molecule has 25 heavy (non-hydrogen) atoms. The molecule has 2 heterocycles. The van der Waals surface area contributed by atoms with Gasteiger partial charge in [0.05, 0.1) is 17.6 Å². The third-order valence-corrected chi connectivity index (χ3v) is 4.49. The van der Waals surface area contributed by atoms with Crippen LogP contribution in [0.4, 0.5) is 11.4 Å². The van der Waals surface area contributed by atoms with Gasteiger partial charge in [0.1, 0.15) is 0 Å². The molecule has 1 aliphatic heterocycles. The number of anilines is 2. The average Bonchev–Trinajstić information content (AvgIpc) is 2.99. The molecule has 1 aromatic heterocycles. The normalized spacial score (nSPS) is 14.0. The first-order chi connectivity index (χ1) is 12.2. The minimum Gasteiger partial charge on any atom is -0.365 e. The first-order valence-corrected chi connectivity index (χ1v) is 8.41. The predicted molar refractivity (Wildman–Crippen MR) is 99.4 cm³/mol. The van der Waals surface area contributed by atoms with E-state index in [0.29, 0.717) is 13.0 Å². The molecule has 0 saturated heterocycles. The maximum Gasteiger partial charge on any atom is 0.226 e. The molecule has 2 aromatic carbocycles. The molecule has 0 atom stereocenters. The number of hydrogen-bond acceptors (Lipinski definition) is 3. The molecule has 0 spiro atoms. The summed E-state index contributed by atoms with van der Waals surface area (Å²) in [4.78, 5) is 14.2. The van der Waals surface area contributed by atoms with Gasteiger partial charge in [-0.2, -0.15) is 5.10 Å². The summed E-state index contributed by atoms with van der Waals surface area (Å²) in [6, 6.07) is 16.5. The van der Waals surface area contributed by atoms with Gasteiger partial charge in [0.25, 0.3) is 0 Å². The molecule has 0 fully saturated rings. The fourth-order valence-corrected chi connectivity index (χ4v) is 3.18. The van der Waals surface area contributed by atoms with Crippen molar-refractivity contribution in [2.24, 2.45) is 7.05 Å². The van der Waals surface area contributed by atoms with E-state index in [-0.39, 0.29) is 5.91 Å². The SMILES string of the molecule is Cn1cc(-c2ccc(CN3CCC(=O)Nc4ccccc43)cc2)cn1. The van der Waals surface area contributed by atoms with Gasteiger partial charge in [0, 0.05) is 38.3 Å². The molecule has 0 bridgehead atoms. The van der Waals surface area contributed by atoms with Gasteiger partial charge in [0.2, 0.25) is 5.91 Å². The van der Waals surface area contributed by atoms with Crippen molar-refractivity contribution in [3.63, 3.8) is 0 Å². The molecule has 3 aromatic rings. The Bertz CT molecular complexity index is 898. The van der Waals surface area contributed by atoms with Gasteiger partial charge in [-0.25, -0.2) is 0 Å². The fourth-order valence-electron chi connectivity index (χ4n) is 3.18. The highest BCUT2D eigenvalue weighted by Gasteiger charge is 2.18. The molecule has 0 saturated carbocycles. The molecule has 0 aliphatic carbocycles. The van der Waals surface area contributed by atoms with E-state index in [1.807, 2.05) is 37.6 Å². The fraction of sp³-hybridized carbons (Fsp3) is 0.200. The van der Waals surface area contributed by atoms with E-state index in [2.05, 4.69) is 45.6 Å². The number of hydrogen-bond donors (Lipinski definition) is 1. The van der Waals surface area contributed by atoms with E-state index in [4.69, 9.17) is 0 Å². The monoisotopic (exact) mass is 332 g/mol. The van der Waals surface area contributed by atoms with Crippen LogP contribution in [0.15, 0.2) is 60.9 Å². The Kier molecular flexibility index (Phi) is 3.98. The predicted octanol–water partition coefficient (Wildman–Crippen LogP) is 3.44. The lowest BCUT2D eigenvalue weighted by molar-refractivity contribution is -0.115. The highest BCUT2D eigenvalue weighted by atomic mass is 16.1. The third-order valence-electron chi connectivity index (χ3n) is 4.49. The van der Waals surface area contributed by atoms with Crippen LogP contribution in [0.25, 0.3) is 11.1 Å². The number of para-hydroxylation sites is 2. The van der Waals surface area contributed by atoms with Crippen molar-refractivity contribution in [3.05, 3.63) is 66.5 Å². The van der Waals surface area contributed by atoms with Crippen molar-refractivity contribution < 1.29 is 4.79 Å². The van der Waals surface area contributed by atoms with Crippen molar-refractivity contribution in [3.8, 4) is 11.1 Å². The summed E-state index contributed by atoms with van der Waals surface area (Å²) >= 11 is 0. The lowest BCUT2D eigenvalue weighted by Gasteiger charge is -2.24. The Morgan fingerprint density at radius 2 is 1.88 bits per heavy atom. The summed E-state index contributed by atoms with van der Waals surface area (Å²) in [6.07, 6.45) is 4.39. The quantitative estimate of drug-likeness (QED) is 0.799. The summed E-state index contributed by atoms with van der Waals surface area (Å²) in [5, 5.41) is 7.20. The molecule has 5 nitrogen and oxygen atoms in total. The van der Waals surface area contributed by atoms with Crippen LogP contribution in [-0.2, 0) is 18.4 Å². The van der Waals surface area contributed by atoms with Crippen LogP contribution in [-0.4, -0.2) is 22.2 Å². The van der Waals surface area contributed by atoms with Gasteiger partial charge < -0.3 is 10.2 Å². The van der Waals surface area contributed by atoms with Gasteiger partial charge in [-0.3, -0.25) is 9.48 Å². The molecule has 126 valence electrons. The number of fused-ring (bicyclic) bond motifs is 1. The number of benzene rings is 2. The molecule has 5 heteroatoms. The number of aryl methyl sites for hydroxylation is 1. The van der Waals surface area contributed by atoms with Crippen LogP contribution in [0.3, 0.4) is 0 Å². The molecule has 1 aliphatic rings. The number of amides is 1. The van der Waals surface area contributed by atoms with Gasteiger partial charge in [0.15, 0.2) is 0 Å². The topological polar surface area (TPSA) is 50.2 Å². The minimum absolute atomic E-state index is 0.0712. The van der Waals surface area contributed by atoms with Crippen molar-refractivity contribution in [2.45, 2.75) is 13.0 Å². The standard InChI is InChI=1S/C20H20N4O/c1-23-14-17(12-21-23)16-8-6-15(7-9-16)13-24-11-10-20(25)22-18-4-2-3-5-19(18)24/h2-9,12,14H,10-11,13H2,1H3,(H,22,25). The number of nitrogens with zero attached hydrogens (tertiary/aromatic N) is 3. The van der Waals surface area contributed by atoms with E-state index in [0.717, 1.165) is 29.0 Å². The smallest absolute Gasteiger partial charge is 0.226 e. The zero-order valence-electron chi connectivity index (χ0n) is 14.1. The van der Waals surface area contributed by atoms with Crippen LogP contribution in [0.1, 0.15) is 12.0 Å². The molecular weight excluding hydrogens is 312 g/mol. The molecule has 1 N–H and O–H groups in total. The zero-order valence-corrected chi connectivity index (χ0v) is 14.1. The molecule has 1 amide bonds. The van der Waals surface area contributed by atoms with Crippen molar-refractivity contribution in [2.75, 3.05) is 16.8 Å². The summed E-state index contributed by atoms with van der Waals surface area (Å²) < 4.78 is 1.81. The average molecular weight is 332 g/mol. The van der Waals surface area contributed by atoms with Crippen LogP contribution in [0.2, 0.25) is 0 Å². The zero-order chi connectivity index (χ0) is 17.2. The number of carbonyl (C=O) groups is 1. The Morgan fingerprint density at radius 3 is 2.64 bits per heavy atom. The van der Waals surface area contributed by atoms with E-state index in [1.54, 1.807) is 4.68 Å². The Labute approximate surface area is 146 Å². The van der Waals surface area contributed by atoms with E-state index >= 15 is 0 Å². The number of rotatable bonds is 3. The summed E-state index contributed by atoms with van der Waals surface area (Å²) in [5.41, 5.74) is 5.45. The second-order valence-electron chi connectivity index (χ2n) is 6.34. The first kappa shape index (κ1) is 15.4. The van der Waals surface area contributed by atoms with Gasteiger partial charge >= 0.3 is 0 Å². The van der Waals surface area contributed by atoms with Crippen molar-refractivity contribution >= 4 is 17.3 Å². The summed E-state index contributed by atoms with van der Waals surface area (Å²) in [7, 11) is 1.92. The van der Waals surface area contributed by atoms with Crippen LogP contribution in [0.5, 0.6) is 0 Å². The number of carbonyl (C=O) groups excluding carboxylic acids is 1. The van der Waals surface area contributed by atoms with Gasteiger partial charge in [-0.1, -0.05) is 36.4 Å². The van der Waals surface area contributed by atoms with Crippen molar-refractivity contribution in [1.29, 1.82) is 0 Å².